The van der Waals surface area contributed by atoms with Gasteiger partial charge in [0, 0.05) is 5.92 Å². The van der Waals surface area contributed by atoms with Crippen LogP contribution in [0.25, 0.3) is 0 Å². The molecule has 1 aliphatic rings. The predicted octanol–water partition coefficient (Wildman–Crippen LogP) is 1.51. The minimum Gasteiger partial charge on any atom is -0.448 e. The fourth-order valence-corrected chi connectivity index (χ4v) is 1.84. The van der Waals surface area contributed by atoms with Gasteiger partial charge in [0.2, 0.25) is 0 Å². The second kappa shape index (κ2) is 4.29. The lowest BCUT2D eigenvalue weighted by atomic mass is 10.2. The molecule has 6 heteroatoms. The molecule has 0 atom stereocenters. The molecular weight excluding hydrogens is 232 g/mol. The quantitative estimate of drug-likeness (QED) is 0.856. The van der Waals surface area contributed by atoms with Crippen molar-refractivity contribution in [3.63, 3.8) is 0 Å². The summed E-state index contributed by atoms with van der Waals surface area (Å²) in [5, 5.41) is 9.94. The molecule has 0 spiro atoms. The molecule has 1 aliphatic carbocycles. The van der Waals surface area contributed by atoms with E-state index in [1.807, 2.05) is 6.07 Å². The van der Waals surface area contributed by atoms with Crippen LogP contribution in [-0.2, 0) is 6.54 Å². The molecule has 2 aromatic rings. The lowest BCUT2D eigenvalue weighted by Gasteiger charge is -2.00. The maximum atomic E-state index is 11.8. The Morgan fingerprint density at radius 3 is 3.11 bits per heavy atom. The Labute approximate surface area is 104 Å². The highest BCUT2D eigenvalue weighted by Crippen LogP contribution is 2.38. The van der Waals surface area contributed by atoms with E-state index in [0.717, 1.165) is 11.4 Å². The third-order valence-corrected chi connectivity index (χ3v) is 3.05. The number of H-pyrrole nitrogens is 1. The SMILES string of the molecule is Cc1ocnc1C(=O)NCc1cc(C2CC2)n[nH]1. The van der Waals surface area contributed by atoms with Gasteiger partial charge in [-0.15, -0.1) is 0 Å². The number of nitrogens with one attached hydrogen (secondary N) is 2. The van der Waals surface area contributed by atoms with Crippen molar-refractivity contribution in [1.82, 2.24) is 20.5 Å². The second-order valence-electron chi connectivity index (χ2n) is 4.53. The summed E-state index contributed by atoms with van der Waals surface area (Å²) < 4.78 is 4.99. The van der Waals surface area contributed by atoms with Crippen LogP contribution in [0.5, 0.6) is 0 Å². The van der Waals surface area contributed by atoms with Gasteiger partial charge in [0.15, 0.2) is 12.1 Å². The maximum Gasteiger partial charge on any atom is 0.273 e. The lowest BCUT2D eigenvalue weighted by molar-refractivity contribution is 0.0944. The number of hydrogen-bond donors (Lipinski definition) is 2. The van der Waals surface area contributed by atoms with Crippen LogP contribution in [0.15, 0.2) is 16.9 Å². The van der Waals surface area contributed by atoms with Gasteiger partial charge in [-0.05, 0) is 25.8 Å². The van der Waals surface area contributed by atoms with Crippen molar-refractivity contribution in [1.29, 1.82) is 0 Å². The minimum absolute atomic E-state index is 0.233. The van der Waals surface area contributed by atoms with Crippen molar-refractivity contribution < 1.29 is 9.21 Å². The molecule has 1 amide bonds. The summed E-state index contributed by atoms with van der Waals surface area (Å²) in [5.41, 5.74) is 2.33. The van der Waals surface area contributed by atoms with E-state index in [4.69, 9.17) is 4.42 Å². The van der Waals surface area contributed by atoms with Gasteiger partial charge < -0.3 is 9.73 Å². The maximum absolute atomic E-state index is 11.8. The first-order valence-electron chi connectivity index (χ1n) is 5.96. The first-order valence-corrected chi connectivity index (χ1v) is 5.96. The normalized spacial score (nSPS) is 14.7. The molecule has 0 radical (unpaired) electrons. The zero-order chi connectivity index (χ0) is 12.5. The monoisotopic (exact) mass is 246 g/mol. The summed E-state index contributed by atoms with van der Waals surface area (Å²) in [6.07, 6.45) is 3.70. The molecule has 3 rings (SSSR count). The standard InChI is InChI=1S/C12H14N4O2/c1-7-11(14-6-18-7)12(17)13-5-9-4-10(16-15-9)8-2-3-8/h4,6,8H,2-3,5H2,1H3,(H,13,17)(H,15,16). The fourth-order valence-electron chi connectivity index (χ4n) is 1.84. The van der Waals surface area contributed by atoms with E-state index < -0.39 is 0 Å². The van der Waals surface area contributed by atoms with Gasteiger partial charge >= 0.3 is 0 Å². The van der Waals surface area contributed by atoms with Gasteiger partial charge in [0.1, 0.15) is 5.76 Å². The van der Waals surface area contributed by atoms with E-state index in [1.54, 1.807) is 6.92 Å². The third kappa shape index (κ3) is 2.13. The number of rotatable bonds is 4. The van der Waals surface area contributed by atoms with Crippen molar-refractivity contribution >= 4 is 5.91 Å². The zero-order valence-electron chi connectivity index (χ0n) is 10.1. The number of aromatic nitrogens is 3. The lowest BCUT2D eigenvalue weighted by Crippen LogP contribution is -2.23. The molecule has 18 heavy (non-hydrogen) atoms. The summed E-state index contributed by atoms with van der Waals surface area (Å²) in [7, 11) is 0. The van der Waals surface area contributed by atoms with Crippen LogP contribution >= 0.6 is 0 Å². The molecule has 94 valence electrons. The van der Waals surface area contributed by atoms with Gasteiger partial charge in [0.05, 0.1) is 17.9 Å². The van der Waals surface area contributed by atoms with E-state index in [2.05, 4.69) is 20.5 Å². The topological polar surface area (TPSA) is 83.8 Å². The van der Waals surface area contributed by atoms with Crippen LogP contribution in [0, 0.1) is 6.92 Å². The molecule has 1 saturated carbocycles. The number of aromatic amines is 1. The molecule has 2 heterocycles. The Morgan fingerprint density at radius 2 is 2.44 bits per heavy atom. The van der Waals surface area contributed by atoms with Crippen LogP contribution in [0.1, 0.15) is 46.4 Å². The van der Waals surface area contributed by atoms with Crippen molar-refractivity contribution in [2.75, 3.05) is 0 Å². The van der Waals surface area contributed by atoms with E-state index in [1.165, 1.54) is 19.2 Å². The average molecular weight is 246 g/mol. The largest absolute Gasteiger partial charge is 0.448 e. The smallest absolute Gasteiger partial charge is 0.273 e. The Kier molecular flexibility index (Phi) is 2.62. The molecule has 0 bridgehead atoms. The number of amides is 1. The summed E-state index contributed by atoms with van der Waals surface area (Å²) in [6, 6.07) is 2.01. The van der Waals surface area contributed by atoms with Gasteiger partial charge in [-0.2, -0.15) is 5.10 Å². The number of nitrogens with zero attached hydrogens (tertiary/aromatic N) is 2. The number of carbonyl (C=O) groups is 1. The molecule has 6 nitrogen and oxygen atoms in total. The Balaban J connectivity index is 1.60. The van der Waals surface area contributed by atoms with Crippen molar-refractivity contribution in [3.8, 4) is 0 Å². The number of hydrogen-bond acceptors (Lipinski definition) is 4. The summed E-state index contributed by atoms with van der Waals surface area (Å²) in [6.45, 7) is 2.13. The fraction of sp³-hybridized carbons (Fsp3) is 0.417. The molecule has 2 N–H and O–H groups in total. The average Bonchev–Trinajstić information content (AvgIpc) is 2.95. The van der Waals surface area contributed by atoms with E-state index in [0.29, 0.717) is 23.9 Å². The van der Waals surface area contributed by atoms with Crippen molar-refractivity contribution in [3.05, 3.63) is 35.3 Å². The predicted molar refractivity (Wildman–Crippen MR) is 63.0 cm³/mol. The van der Waals surface area contributed by atoms with Gasteiger partial charge in [-0.25, -0.2) is 4.98 Å². The third-order valence-electron chi connectivity index (χ3n) is 3.05. The molecule has 0 aromatic carbocycles. The number of carbonyl (C=O) groups excluding carboxylic acids is 1. The molecule has 0 aliphatic heterocycles. The number of aryl methyl sites for hydroxylation is 1. The van der Waals surface area contributed by atoms with Crippen LogP contribution in [0.4, 0.5) is 0 Å². The van der Waals surface area contributed by atoms with Crippen LogP contribution < -0.4 is 5.32 Å². The molecule has 0 saturated heterocycles. The van der Waals surface area contributed by atoms with E-state index in [-0.39, 0.29) is 5.91 Å². The highest BCUT2D eigenvalue weighted by Gasteiger charge is 2.26. The second-order valence-corrected chi connectivity index (χ2v) is 4.53. The van der Waals surface area contributed by atoms with E-state index in [9.17, 15) is 4.79 Å². The van der Waals surface area contributed by atoms with Crippen LogP contribution in [-0.4, -0.2) is 21.1 Å². The molecule has 1 fully saturated rings. The summed E-state index contributed by atoms with van der Waals surface area (Å²) in [4.78, 5) is 15.7. The van der Waals surface area contributed by atoms with E-state index >= 15 is 0 Å². The van der Waals surface area contributed by atoms with Gasteiger partial charge in [-0.1, -0.05) is 0 Å². The van der Waals surface area contributed by atoms with Crippen LogP contribution in [0.2, 0.25) is 0 Å². The highest BCUT2D eigenvalue weighted by molar-refractivity contribution is 5.92. The Morgan fingerprint density at radius 1 is 1.61 bits per heavy atom. The Bertz CT molecular complexity index is 568. The van der Waals surface area contributed by atoms with Crippen LogP contribution in [0.3, 0.4) is 0 Å². The molecule has 0 unspecified atom stereocenters. The highest BCUT2D eigenvalue weighted by atomic mass is 16.3. The molecule has 2 aromatic heterocycles. The summed E-state index contributed by atoms with van der Waals surface area (Å²) >= 11 is 0. The van der Waals surface area contributed by atoms with Crippen molar-refractivity contribution in [2.45, 2.75) is 32.2 Å². The van der Waals surface area contributed by atoms with Gasteiger partial charge in [0.25, 0.3) is 5.91 Å². The number of oxazole rings is 1. The first kappa shape index (κ1) is 11.0. The molecular formula is C12H14N4O2. The Hall–Kier alpha value is -2.11. The van der Waals surface area contributed by atoms with Gasteiger partial charge in [-0.3, -0.25) is 9.89 Å². The summed E-state index contributed by atoms with van der Waals surface area (Å²) in [5.74, 6) is 0.906. The first-order chi connectivity index (χ1) is 8.74. The zero-order valence-corrected chi connectivity index (χ0v) is 10.1. The minimum atomic E-state index is -0.233. The van der Waals surface area contributed by atoms with Crippen molar-refractivity contribution in [2.24, 2.45) is 0 Å².